The Morgan fingerprint density at radius 1 is 1.09 bits per heavy atom. The zero-order valence-electron chi connectivity index (χ0n) is 19.4. The van der Waals surface area contributed by atoms with E-state index in [0.717, 1.165) is 49.0 Å². The quantitative estimate of drug-likeness (QED) is 0.324. The number of nitriles is 1. The summed E-state index contributed by atoms with van der Waals surface area (Å²) in [7, 11) is 2.19. The van der Waals surface area contributed by atoms with Crippen molar-refractivity contribution in [2.75, 3.05) is 20.1 Å². The number of ether oxygens (including phenoxy) is 1. The van der Waals surface area contributed by atoms with Crippen molar-refractivity contribution in [3.05, 3.63) is 106 Å². The van der Waals surface area contributed by atoms with E-state index in [0.29, 0.717) is 17.2 Å². The molecule has 0 bridgehead atoms. The van der Waals surface area contributed by atoms with Crippen LogP contribution in [0, 0.1) is 11.3 Å². The van der Waals surface area contributed by atoms with Crippen LogP contribution in [0.4, 0.5) is 0 Å². The molecule has 0 radical (unpaired) electrons. The van der Waals surface area contributed by atoms with Crippen molar-refractivity contribution in [1.82, 2.24) is 9.88 Å². The number of H-pyrrole nitrogens is 1. The minimum absolute atomic E-state index is 0.508. The van der Waals surface area contributed by atoms with Gasteiger partial charge in [-0.3, -0.25) is 0 Å². The van der Waals surface area contributed by atoms with E-state index in [2.05, 4.69) is 71.7 Å². The lowest BCUT2D eigenvalue weighted by Gasteiger charge is -2.31. The maximum absolute atomic E-state index is 9.31. The first-order chi connectivity index (χ1) is 16.6. The normalized spacial score (nSPS) is 17.2. The molecular formula is C29H28ClN3O. The summed E-state index contributed by atoms with van der Waals surface area (Å²) in [4.78, 5) is 5.77. The summed E-state index contributed by atoms with van der Waals surface area (Å²) in [6.45, 7) is 2.50. The zero-order chi connectivity index (χ0) is 23.5. The molecule has 0 fully saturated rings. The molecule has 0 aliphatic carbocycles. The number of nitrogens with one attached hydrogen (secondary N) is 1. The summed E-state index contributed by atoms with van der Waals surface area (Å²) in [5.41, 5.74) is 6.10. The van der Waals surface area contributed by atoms with Crippen LogP contribution < -0.4 is 0 Å². The molecule has 1 N–H and O–H groups in total. The molecule has 4 aromatic rings. The van der Waals surface area contributed by atoms with Crippen molar-refractivity contribution in [2.45, 2.75) is 31.5 Å². The van der Waals surface area contributed by atoms with Crippen LogP contribution in [0.25, 0.3) is 10.9 Å². The third-order valence-electron chi connectivity index (χ3n) is 6.96. The summed E-state index contributed by atoms with van der Waals surface area (Å²) in [6, 6.07) is 24.6. The van der Waals surface area contributed by atoms with Gasteiger partial charge in [0.05, 0.1) is 18.2 Å². The molecule has 0 amide bonds. The standard InChI is InChI=1S/C29H28ClN3O/c1-33(16-13-22-19-32-28-6-3-2-5-26(22)28)15-4-14-29(24-8-10-25(30)11-9-24)27-12-7-21(18-31)17-23(27)20-34-29/h2-3,5-12,17,19,32H,4,13-16,20H2,1H3. The lowest BCUT2D eigenvalue weighted by Crippen LogP contribution is -2.30. The monoisotopic (exact) mass is 469 g/mol. The Morgan fingerprint density at radius 3 is 2.74 bits per heavy atom. The maximum atomic E-state index is 9.31. The number of aromatic nitrogens is 1. The molecule has 1 atom stereocenters. The summed E-state index contributed by atoms with van der Waals surface area (Å²) in [5.74, 6) is 0. The molecule has 1 aliphatic heterocycles. The highest BCUT2D eigenvalue weighted by Gasteiger charge is 2.41. The molecule has 0 saturated heterocycles. The number of aromatic amines is 1. The lowest BCUT2D eigenvalue weighted by molar-refractivity contribution is -0.0142. The van der Waals surface area contributed by atoms with Crippen LogP contribution in [0.3, 0.4) is 0 Å². The van der Waals surface area contributed by atoms with Crippen molar-refractivity contribution in [2.24, 2.45) is 0 Å². The number of halogens is 1. The van der Waals surface area contributed by atoms with Gasteiger partial charge in [-0.2, -0.15) is 5.26 Å². The summed E-state index contributed by atoms with van der Waals surface area (Å²) < 4.78 is 6.51. The Hall–Kier alpha value is -3.10. The number of fused-ring (bicyclic) bond motifs is 2. The van der Waals surface area contributed by atoms with Gasteiger partial charge >= 0.3 is 0 Å². The van der Waals surface area contributed by atoms with Crippen molar-refractivity contribution in [3.63, 3.8) is 0 Å². The fourth-order valence-electron chi connectivity index (χ4n) is 5.12. The summed E-state index contributed by atoms with van der Waals surface area (Å²) in [5, 5.41) is 11.3. The van der Waals surface area contributed by atoms with Gasteiger partial charge in [0.1, 0.15) is 5.60 Å². The smallest absolute Gasteiger partial charge is 0.119 e. The van der Waals surface area contributed by atoms with Crippen LogP contribution in [0.5, 0.6) is 0 Å². The lowest BCUT2D eigenvalue weighted by atomic mass is 9.81. The minimum Gasteiger partial charge on any atom is -0.361 e. The fraction of sp³-hybridized carbons (Fsp3) is 0.276. The van der Waals surface area contributed by atoms with Crippen LogP contribution in [0.15, 0.2) is 72.9 Å². The van der Waals surface area contributed by atoms with Gasteiger partial charge in [0.25, 0.3) is 0 Å². The Morgan fingerprint density at radius 2 is 1.91 bits per heavy atom. The highest BCUT2D eigenvalue weighted by molar-refractivity contribution is 6.30. The first-order valence-corrected chi connectivity index (χ1v) is 12.1. The SMILES string of the molecule is CN(CCCC1(c2ccc(Cl)cc2)OCc2cc(C#N)ccc21)CCc1c[nH]c2ccccc12. The number of hydrogen-bond donors (Lipinski definition) is 1. The third-order valence-corrected chi connectivity index (χ3v) is 7.21. The molecule has 5 rings (SSSR count). The zero-order valence-corrected chi connectivity index (χ0v) is 20.1. The molecule has 4 nitrogen and oxygen atoms in total. The minimum atomic E-state index is -0.508. The molecule has 1 aliphatic rings. The van der Waals surface area contributed by atoms with Crippen LogP contribution >= 0.6 is 11.6 Å². The summed E-state index contributed by atoms with van der Waals surface area (Å²) >= 11 is 6.18. The largest absolute Gasteiger partial charge is 0.361 e. The molecule has 0 spiro atoms. The molecular weight excluding hydrogens is 442 g/mol. The topological polar surface area (TPSA) is 52.0 Å². The van der Waals surface area contributed by atoms with Gasteiger partial charge in [-0.25, -0.2) is 0 Å². The number of rotatable bonds is 8. The molecule has 34 heavy (non-hydrogen) atoms. The molecule has 1 aromatic heterocycles. The first kappa shape index (κ1) is 22.7. The fourth-order valence-corrected chi connectivity index (χ4v) is 5.25. The van der Waals surface area contributed by atoms with Gasteiger partial charge in [0, 0.05) is 28.7 Å². The van der Waals surface area contributed by atoms with E-state index in [-0.39, 0.29) is 0 Å². The third kappa shape index (κ3) is 4.35. The second-order valence-corrected chi connectivity index (χ2v) is 9.56. The van der Waals surface area contributed by atoms with Gasteiger partial charge < -0.3 is 14.6 Å². The second-order valence-electron chi connectivity index (χ2n) is 9.12. The van der Waals surface area contributed by atoms with E-state index in [1.165, 1.54) is 16.5 Å². The highest BCUT2D eigenvalue weighted by Crippen LogP contribution is 2.45. The Balaban J connectivity index is 1.28. The Labute approximate surface area is 205 Å². The van der Waals surface area contributed by atoms with Crippen molar-refractivity contribution >= 4 is 22.5 Å². The number of likely N-dealkylation sites (N-methyl/N-ethyl adjacent to an activating group) is 1. The van der Waals surface area contributed by atoms with Crippen LogP contribution in [-0.2, 0) is 23.4 Å². The van der Waals surface area contributed by atoms with E-state index in [1.54, 1.807) is 0 Å². The van der Waals surface area contributed by atoms with E-state index in [9.17, 15) is 5.26 Å². The van der Waals surface area contributed by atoms with Gasteiger partial charge in [-0.15, -0.1) is 0 Å². The molecule has 1 unspecified atom stereocenters. The molecule has 172 valence electrons. The van der Waals surface area contributed by atoms with E-state index >= 15 is 0 Å². The van der Waals surface area contributed by atoms with Crippen molar-refractivity contribution < 1.29 is 4.74 Å². The highest BCUT2D eigenvalue weighted by atomic mass is 35.5. The molecule has 3 aromatic carbocycles. The van der Waals surface area contributed by atoms with Crippen molar-refractivity contribution in [1.29, 1.82) is 5.26 Å². The summed E-state index contributed by atoms with van der Waals surface area (Å²) in [6.07, 6.45) is 5.00. The van der Waals surface area contributed by atoms with Gasteiger partial charge in [-0.1, -0.05) is 48.0 Å². The maximum Gasteiger partial charge on any atom is 0.119 e. The predicted molar refractivity (Wildman–Crippen MR) is 137 cm³/mol. The van der Waals surface area contributed by atoms with Gasteiger partial charge in [0.2, 0.25) is 0 Å². The van der Waals surface area contributed by atoms with Crippen molar-refractivity contribution in [3.8, 4) is 6.07 Å². The average Bonchev–Trinajstić information content (AvgIpc) is 3.45. The Bertz CT molecular complexity index is 1340. The van der Waals surface area contributed by atoms with Crippen LogP contribution in [0.2, 0.25) is 5.02 Å². The average molecular weight is 470 g/mol. The van der Waals surface area contributed by atoms with E-state index < -0.39 is 5.60 Å². The number of para-hydroxylation sites is 1. The van der Waals surface area contributed by atoms with Crippen LogP contribution in [-0.4, -0.2) is 30.0 Å². The Kier molecular flexibility index (Phi) is 6.43. The van der Waals surface area contributed by atoms with E-state index in [1.807, 2.05) is 24.3 Å². The number of hydrogen-bond acceptors (Lipinski definition) is 3. The first-order valence-electron chi connectivity index (χ1n) is 11.8. The van der Waals surface area contributed by atoms with Gasteiger partial charge in [-0.05, 0) is 85.4 Å². The molecule has 0 saturated carbocycles. The second kappa shape index (κ2) is 9.64. The predicted octanol–water partition coefficient (Wildman–Crippen LogP) is 6.42. The van der Waals surface area contributed by atoms with Crippen LogP contribution in [0.1, 0.15) is 40.7 Å². The number of benzene rings is 3. The van der Waals surface area contributed by atoms with E-state index in [4.69, 9.17) is 16.3 Å². The molecule has 2 heterocycles. The molecule has 5 heteroatoms. The number of nitrogens with zero attached hydrogens (tertiary/aromatic N) is 2. The van der Waals surface area contributed by atoms with Gasteiger partial charge in [0.15, 0.2) is 0 Å².